The zero-order valence-electron chi connectivity index (χ0n) is 17.8. The SMILES string of the molecule is COc1cccc(OC)c1-c1ccc(CC2(C(=O)O)N=C(c3c(Cl)cccc3Cl)NO2)cc1. The van der Waals surface area contributed by atoms with E-state index < -0.39 is 11.7 Å². The fourth-order valence-electron chi connectivity index (χ4n) is 3.63. The molecule has 1 aliphatic rings. The Morgan fingerprint density at radius 1 is 0.970 bits per heavy atom. The molecule has 4 rings (SSSR count). The van der Waals surface area contributed by atoms with Crippen molar-refractivity contribution >= 4 is 35.0 Å². The van der Waals surface area contributed by atoms with Crippen LogP contribution in [-0.4, -0.2) is 36.9 Å². The van der Waals surface area contributed by atoms with Crippen LogP contribution in [0.2, 0.25) is 10.0 Å². The van der Waals surface area contributed by atoms with Gasteiger partial charge in [-0.2, -0.15) is 0 Å². The van der Waals surface area contributed by atoms with Crippen molar-refractivity contribution in [2.24, 2.45) is 4.99 Å². The molecule has 0 spiro atoms. The van der Waals surface area contributed by atoms with Gasteiger partial charge in [0.15, 0.2) is 5.84 Å². The predicted octanol–water partition coefficient (Wildman–Crippen LogP) is 4.98. The van der Waals surface area contributed by atoms with E-state index in [9.17, 15) is 9.90 Å². The fourth-order valence-corrected chi connectivity index (χ4v) is 4.21. The van der Waals surface area contributed by atoms with Crippen LogP contribution in [0.3, 0.4) is 0 Å². The number of carboxylic acid groups (broad SMARTS) is 1. The molecule has 0 fully saturated rings. The summed E-state index contributed by atoms with van der Waals surface area (Å²) in [6, 6.07) is 17.9. The minimum atomic E-state index is -1.87. The summed E-state index contributed by atoms with van der Waals surface area (Å²) in [6.45, 7) is 0. The second-order valence-corrected chi connectivity index (χ2v) is 8.08. The largest absolute Gasteiger partial charge is 0.496 e. The number of aliphatic imine (C=N–C) groups is 1. The first kappa shape index (κ1) is 22.9. The smallest absolute Gasteiger partial charge is 0.362 e. The van der Waals surface area contributed by atoms with Crippen LogP contribution < -0.4 is 15.0 Å². The molecule has 0 bridgehead atoms. The number of carboxylic acids is 1. The lowest BCUT2D eigenvalue weighted by Crippen LogP contribution is -2.41. The van der Waals surface area contributed by atoms with Crippen LogP contribution >= 0.6 is 23.2 Å². The molecule has 1 aliphatic heterocycles. The van der Waals surface area contributed by atoms with E-state index in [0.29, 0.717) is 32.7 Å². The van der Waals surface area contributed by atoms with E-state index in [1.54, 1.807) is 32.4 Å². The van der Waals surface area contributed by atoms with Gasteiger partial charge < -0.3 is 14.6 Å². The zero-order chi connectivity index (χ0) is 23.6. The maximum Gasteiger partial charge on any atom is 0.362 e. The molecule has 1 heterocycles. The van der Waals surface area contributed by atoms with Crippen LogP contribution in [0.15, 0.2) is 65.7 Å². The third kappa shape index (κ3) is 4.35. The van der Waals surface area contributed by atoms with Gasteiger partial charge in [-0.15, -0.1) is 0 Å². The molecule has 0 saturated carbocycles. The molecule has 0 aliphatic carbocycles. The number of hydrogen-bond donors (Lipinski definition) is 2. The normalized spacial score (nSPS) is 17.3. The van der Waals surface area contributed by atoms with E-state index in [-0.39, 0.29) is 12.3 Å². The molecule has 33 heavy (non-hydrogen) atoms. The van der Waals surface area contributed by atoms with Crippen molar-refractivity contribution in [2.45, 2.75) is 12.1 Å². The molecular weight excluding hydrogens is 467 g/mol. The maximum absolute atomic E-state index is 12.2. The van der Waals surface area contributed by atoms with Gasteiger partial charge in [-0.25, -0.2) is 20.1 Å². The van der Waals surface area contributed by atoms with Crippen LogP contribution in [0.4, 0.5) is 0 Å². The van der Waals surface area contributed by atoms with Crippen molar-refractivity contribution in [3.05, 3.63) is 81.8 Å². The van der Waals surface area contributed by atoms with Crippen LogP contribution in [0.1, 0.15) is 11.1 Å². The maximum atomic E-state index is 12.2. The molecule has 2 N–H and O–H groups in total. The highest BCUT2D eigenvalue weighted by atomic mass is 35.5. The Morgan fingerprint density at radius 3 is 2.09 bits per heavy atom. The summed E-state index contributed by atoms with van der Waals surface area (Å²) in [6.07, 6.45) is -0.0236. The van der Waals surface area contributed by atoms with Crippen molar-refractivity contribution in [3.63, 3.8) is 0 Å². The number of hydrogen-bond acceptors (Lipinski definition) is 6. The number of aliphatic carboxylic acids is 1. The third-order valence-electron chi connectivity index (χ3n) is 5.26. The standard InChI is InChI=1S/C24H20Cl2N2O5/c1-31-18-7-4-8-19(32-2)20(18)15-11-9-14(10-12-15)13-24(23(29)30)27-22(28-33-24)21-16(25)5-3-6-17(21)26/h3-12H,13H2,1-2H3,(H,27,28)(H,29,30). The Balaban J connectivity index is 1.66. The number of carbonyl (C=O) groups is 1. The summed E-state index contributed by atoms with van der Waals surface area (Å²) in [4.78, 5) is 21.9. The van der Waals surface area contributed by atoms with Gasteiger partial charge in [-0.1, -0.05) is 59.6 Å². The molecule has 0 radical (unpaired) electrons. The molecule has 1 atom stereocenters. The molecule has 0 saturated heterocycles. The number of hydroxylamine groups is 1. The Hall–Kier alpha value is -3.26. The highest BCUT2D eigenvalue weighted by Crippen LogP contribution is 2.38. The molecule has 9 heteroatoms. The fraction of sp³-hybridized carbons (Fsp3) is 0.167. The van der Waals surface area contributed by atoms with Crippen molar-refractivity contribution in [3.8, 4) is 22.6 Å². The van der Waals surface area contributed by atoms with E-state index >= 15 is 0 Å². The first-order valence-corrected chi connectivity index (χ1v) is 10.7. The van der Waals surface area contributed by atoms with Gasteiger partial charge in [0.1, 0.15) is 11.5 Å². The summed E-state index contributed by atoms with van der Waals surface area (Å²) < 4.78 is 11.0. The Morgan fingerprint density at radius 2 is 1.55 bits per heavy atom. The summed E-state index contributed by atoms with van der Waals surface area (Å²) in [5.41, 5.74) is 3.44. The molecule has 0 aromatic heterocycles. The lowest BCUT2D eigenvalue weighted by molar-refractivity contribution is -0.166. The van der Waals surface area contributed by atoms with Gasteiger partial charge in [0.25, 0.3) is 5.72 Å². The Labute approximate surface area is 200 Å². The van der Waals surface area contributed by atoms with Gasteiger partial charge in [0, 0.05) is 6.42 Å². The molecule has 0 amide bonds. The highest BCUT2D eigenvalue weighted by molar-refractivity contribution is 6.40. The molecule has 1 unspecified atom stereocenters. The summed E-state index contributed by atoms with van der Waals surface area (Å²) >= 11 is 12.5. The molecular formula is C24H20Cl2N2O5. The van der Waals surface area contributed by atoms with E-state index in [0.717, 1.165) is 11.1 Å². The predicted molar refractivity (Wildman–Crippen MR) is 126 cm³/mol. The van der Waals surface area contributed by atoms with Crippen molar-refractivity contribution in [1.29, 1.82) is 0 Å². The summed E-state index contributed by atoms with van der Waals surface area (Å²) in [7, 11) is 3.18. The zero-order valence-corrected chi connectivity index (χ0v) is 19.3. The van der Waals surface area contributed by atoms with Gasteiger partial charge in [0.2, 0.25) is 0 Å². The number of amidine groups is 1. The minimum absolute atomic E-state index is 0.0236. The van der Waals surface area contributed by atoms with Crippen molar-refractivity contribution in [1.82, 2.24) is 5.48 Å². The molecule has 170 valence electrons. The highest BCUT2D eigenvalue weighted by Gasteiger charge is 2.46. The van der Waals surface area contributed by atoms with E-state index in [2.05, 4.69) is 10.5 Å². The average Bonchev–Trinajstić information content (AvgIpc) is 3.24. The number of ether oxygens (including phenoxy) is 2. The molecule has 3 aromatic carbocycles. The van der Waals surface area contributed by atoms with Gasteiger partial charge in [-0.05, 0) is 35.4 Å². The van der Waals surface area contributed by atoms with Crippen molar-refractivity contribution < 1.29 is 24.2 Å². The minimum Gasteiger partial charge on any atom is -0.496 e. The van der Waals surface area contributed by atoms with Gasteiger partial charge in [-0.3, -0.25) is 0 Å². The second-order valence-electron chi connectivity index (χ2n) is 7.26. The van der Waals surface area contributed by atoms with E-state index in [1.165, 1.54) is 0 Å². The summed E-state index contributed by atoms with van der Waals surface area (Å²) in [5, 5.41) is 10.6. The van der Waals surface area contributed by atoms with E-state index in [4.69, 9.17) is 37.5 Å². The van der Waals surface area contributed by atoms with Gasteiger partial charge in [0.05, 0.1) is 35.4 Å². The number of nitrogens with zero attached hydrogens (tertiary/aromatic N) is 1. The lowest BCUT2D eigenvalue weighted by Gasteiger charge is -2.19. The van der Waals surface area contributed by atoms with Crippen molar-refractivity contribution in [2.75, 3.05) is 14.2 Å². The number of rotatable bonds is 7. The topological polar surface area (TPSA) is 89.4 Å². The Bertz CT molecular complexity index is 1190. The number of benzene rings is 3. The van der Waals surface area contributed by atoms with E-state index in [1.807, 2.05) is 42.5 Å². The Kier molecular flexibility index (Phi) is 6.47. The van der Waals surface area contributed by atoms with Gasteiger partial charge >= 0.3 is 5.97 Å². The van der Waals surface area contributed by atoms with Crippen LogP contribution in [0.25, 0.3) is 11.1 Å². The average molecular weight is 487 g/mol. The summed E-state index contributed by atoms with van der Waals surface area (Å²) in [5.74, 6) is 0.239. The third-order valence-corrected chi connectivity index (χ3v) is 5.89. The number of nitrogens with one attached hydrogen (secondary N) is 1. The van der Waals surface area contributed by atoms with Crippen LogP contribution in [-0.2, 0) is 16.1 Å². The molecule has 7 nitrogen and oxygen atoms in total. The molecule has 3 aromatic rings. The monoisotopic (exact) mass is 486 g/mol. The number of methoxy groups -OCH3 is 2. The first-order chi connectivity index (χ1) is 15.9. The first-order valence-electron chi connectivity index (χ1n) is 9.90. The lowest BCUT2D eigenvalue weighted by atomic mass is 9.98. The second kappa shape index (κ2) is 9.31. The number of halogens is 2. The quantitative estimate of drug-likeness (QED) is 0.489. The van der Waals surface area contributed by atoms with Crippen LogP contribution in [0.5, 0.6) is 11.5 Å². The van der Waals surface area contributed by atoms with Crippen LogP contribution in [0, 0.1) is 0 Å².